The number of nitrogens with one attached hydrogen (secondary N) is 2. The van der Waals surface area contributed by atoms with Gasteiger partial charge in [0.1, 0.15) is 10.6 Å². The van der Waals surface area contributed by atoms with Crippen molar-refractivity contribution in [2.24, 2.45) is 0 Å². The number of rotatable bonds is 5. The van der Waals surface area contributed by atoms with Gasteiger partial charge in [0.2, 0.25) is 5.13 Å². The van der Waals surface area contributed by atoms with Gasteiger partial charge in [0, 0.05) is 31.2 Å². The molecule has 0 saturated carbocycles. The first-order valence-corrected chi connectivity index (χ1v) is 9.38. The number of carbonyl (C=O) groups is 1. The lowest BCUT2D eigenvalue weighted by Gasteiger charge is -2.00. The fourth-order valence-electron chi connectivity index (χ4n) is 2.32. The summed E-state index contributed by atoms with van der Waals surface area (Å²) >= 11 is 2.84. The van der Waals surface area contributed by atoms with E-state index in [1.807, 2.05) is 18.5 Å². The molecular weight excluding hydrogens is 372 g/mol. The Balaban J connectivity index is 1.48. The van der Waals surface area contributed by atoms with E-state index in [-0.39, 0.29) is 5.91 Å². The second-order valence-electron chi connectivity index (χ2n) is 5.48. The van der Waals surface area contributed by atoms with Crippen LogP contribution >= 0.6 is 22.7 Å². The zero-order valence-corrected chi connectivity index (χ0v) is 15.6. The van der Waals surface area contributed by atoms with Crippen LogP contribution in [0.1, 0.15) is 26.6 Å². The smallest absolute Gasteiger partial charge is 0.262 e. The van der Waals surface area contributed by atoms with Crippen molar-refractivity contribution < 1.29 is 4.79 Å². The number of aryl methyl sites for hydroxylation is 1. The van der Waals surface area contributed by atoms with E-state index >= 15 is 0 Å². The van der Waals surface area contributed by atoms with Gasteiger partial charge in [-0.15, -0.1) is 21.5 Å². The highest BCUT2D eigenvalue weighted by Gasteiger charge is 2.16. The fourth-order valence-corrected chi connectivity index (χ4v) is 3.73. The topological polar surface area (TPSA) is 110 Å². The molecule has 0 fully saturated rings. The Bertz CT molecular complexity index is 1080. The molecule has 0 radical (unpaired) electrons. The number of thiazole rings is 1. The van der Waals surface area contributed by atoms with Crippen molar-refractivity contribution in [3.63, 3.8) is 0 Å². The van der Waals surface area contributed by atoms with Crippen LogP contribution < -0.4 is 10.6 Å². The number of amides is 1. The Labute approximate surface area is 156 Å². The van der Waals surface area contributed by atoms with Gasteiger partial charge in [-0.1, -0.05) is 11.3 Å². The molecule has 0 aliphatic heterocycles. The predicted octanol–water partition coefficient (Wildman–Crippen LogP) is 2.23. The van der Waals surface area contributed by atoms with Crippen molar-refractivity contribution in [1.82, 2.24) is 29.8 Å². The number of carbonyl (C=O) groups excluding carboxylic acids is 1. The molecule has 26 heavy (non-hydrogen) atoms. The van der Waals surface area contributed by atoms with Crippen LogP contribution in [0.15, 0.2) is 24.0 Å². The molecule has 11 heteroatoms. The highest BCUT2D eigenvalue weighted by atomic mass is 32.1. The van der Waals surface area contributed by atoms with E-state index in [1.165, 1.54) is 28.9 Å². The van der Waals surface area contributed by atoms with Crippen LogP contribution in [-0.4, -0.2) is 42.7 Å². The Kier molecular flexibility index (Phi) is 4.31. The van der Waals surface area contributed by atoms with Crippen LogP contribution in [0, 0.1) is 6.92 Å². The second kappa shape index (κ2) is 6.77. The predicted molar refractivity (Wildman–Crippen MR) is 100 cm³/mol. The van der Waals surface area contributed by atoms with Gasteiger partial charge in [0.15, 0.2) is 10.8 Å². The lowest BCUT2D eigenvalue weighted by molar-refractivity contribution is 0.102. The Morgan fingerprint density at radius 1 is 1.27 bits per heavy atom. The minimum absolute atomic E-state index is 0.286. The molecular formula is C15H14N8OS2. The van der Waals surface area contributed by atoms with Crippen molar-refractivity contribution in [2.45, 2.75) is 13.3 Å². The standard InChI is InChI=1S/C15H14N8OS2/c1-8-4-17-12-10(5-18-23(12)6-8)13(24)20-15-19-9(7-25-15)3-11-21-22-14(16-2)26-11/h4-7H,3H2,1-2H3,(H,16,22)(H,19,20,24). The first-order valence-electron chi connectivity index (χ1n) is 7.68. The quantitative estimate of drug-likeness (QED) is 0.541. The number of aromatic nitrogens is 6. The van der Waals surface area contributed by atoms with Crippen molar-refractivity contribution in [1.29, 1.82) is 0 Å². The summed E-state index contributed by atoms with van der Waals surface area (Å²) in [6.45, 7) is 1.92. The summed E-state index contributed by atoms with van der Waals surface area (Å²) in [6.07, 6.45) is 5.61. The normalized spacial score (nSPS) is 11.0. The van der Waals surface area contributed by atoms with Gasteiger partial charge in [-0.05, 0) is 12.5 Å². The Morgan fingerprint density at radius 3 is 2.96 bits per heavy atom. The van der Waals surface area contributed by atoms with E-state index in [4.69, 9.17) is 0 Å². The van der Waals surface area contributed by atoms with Crippen LogP contribution in [0.5, 0.6) is 0 Å². The molecule has 0 bridgehead atoms. The minimum atomic E-state index is -0.286. The van der Waals surface area contributed by atoms with E-state index in [1.54, 1.807) is 17.8 Å². The van der Waals surface area contributed by atoms with Crippen LogP contribution in [-0.2, 0) is 6.42 Å². The van der Waals surface area contributed by atoms with E-state index < -0.39 is 0 Å². The average Bonchev–Trinajstić information content (AvgIpc) is 3.34. The van der Waals surface area contributed by atoms with E-state index in [0.29, 0.717) is 22.8 Å². The van der Waals surface area contributed by atoms with Gasteiger partial charge in [0.25, 0.3) is 5.91 Å². The summed E-state index contributed by atoms with van der Waals surface area (Å²) in [4.78, 5) is 21.2. The van der Waals surface area contributed by atoms with E-state index in [2.05, 4.69) is 35.9 Å². The highest BCUT2D eigenvalue weighted by Crippen LogP contribution is 2.22. The SMILES string of the molecule is CNc1nnc(Cc2csc(NC(=O)c3cnn4cc(C)cnc34)n2)s1. The zero-order valence-electron chi connectivity index (χ0n) is 13.9. The van der Waals surface area contributed by atoms with Crippen molar-refractivity contribution in [3.8, 4) is 0 Å². The molecule has 4 aromatic rings. The lowest BCUT2D eigenvalue weighted by atomic mass is 10.3. The van der Waals surface area contributed by atoms with Gasteiger partial charge in [-0.25, -0.2) is 14.5 Å². The summed E-state index contributed by atoms with van der Waals surface area (Å²) in [6, 6.07) is 0. The number of fused-ring (bicyclic) bond motifs is 1. The molecule has 4 heterocycles. The maximum Gasteiger partial charge on any atom is 0.262 e. The number of nitrogens with zero attached hydrogens (tertiary/aromatic N) is 6. The van der Waals surface area contributed by atoms with Crippen molar-refractivity contribution in [2.75, 3.05) is 17.7 Å². The Hall–Kier alpha value is -2.92. The molecule has 0 aromatic carbocycles. The van der Waals surface area contributed by atoms with Crippen molar-refractivity contribution >= 4 is 44.5 Å². The molecule has 132 valence electrons. The molecule has 0 atom stereocenters. The van der Waals surface area contributed by atoms with Gasteiger partial charge in [0.05, 0.1) is 11.9 Å². The van der Waals surface area contributed by atoms with Gasteiger partial charge < -0.3 is 5.32 Å². The Morgan fingerprint density at radius 2 is 2.15 bits per heavy atom. The zero-order chi connectivity index (χ0) is 18.1. The summed E-state index contributed by atoms with van der Waals surface area (Å²) in [5.41, 5.74) is 2.72. The van der Waals surface area contributed by atoms with Crippen molar-refractivity contribution in [3.05, 3.63) is 45.8 Å². The van der Waals surface area contributed by atoms with Crippen LogP contribution in [0.25, 0.3) is 5.65 Å². The van der Waals surface area contributed by atoms with Gasteiger partial charge in [-0.2, -0.15) is 5.10 Å². The molecule has 9 nitrogen and oxygen atoms in total. The molecule has 0 saturated heterocycles. The summed E-state index contributed by atoms with van der Waals surface area (Å²) < 4.78 is 1.59. The first-order chi connectivity index (χ1) is 12.6. The maximum atomic E-state index is 12.5. The molecule has 0 unspecified atom stereocenters. The average molecular weight is 386 g/mol. The maximum absolute atomic E-state index is 12.5. The molecule has 0 spiro atoms. The number of hydrogen-bond donors (Lipinski definition) is 2. The van der Waals surface area contributed by atoms with Gasteiger partial charge >= 0.3 is 0 Å². The third-order valence-electron chi connectivity index (χ3n) is 3.52. The third-order valence-corrected chi connectivity index (χ3v) is 5.26. The molecule has 2 N–H and O–H groups in total. The monoisotopic (exact) mass is 386 g/mol. The summed E-state index contributed by atoms with van der Waals surface area (Å²) in [5, 5.41) is 22.1. The number of anilines is 2. The molecule has 1 amide bonds. The van der Waals surface area contributed by atoms with E-state index in [0.717, 1.165) is 21.4 Å². The molecule has 4 aromatic heterocycles. The number of hydrogen-bond acceptors (Lipinski definition) is 9. The second-order valence-corrected chi connectivity index (χ2v) is 7.40. The van der Waals surface area contributed by atoms with Crippen LogP contribution in [0.2, 0.25) is 0 Å². The third kappa shape index (κ3) is 3.26. The molecule has 4 rings (SSSR count). The lowest BCUT2D eigenvalue weighted by Crippen LogP contribution is -2.12. The molecule has 0 aliphatic carbocycles. The first kappa shape index (κ1) is 16.5. The largest absolute Gasteiger partial charge is 0.363 e. The minimum Gasteiger partial charge on any atom is -0.363 e. The summed E-state index contributed by atoms with van der Waals surface area (Å²) in [7, 11) is 1.80. The fraction of sp³-hybridized carbons (Fsp3) is 0.200. The van der Waals surface area contributed by atoms with E-state index in [9.17, 15) is 4.79 Å². The highest BCUT2D eigenvalue weighted by molar-refractivity contribution is 7.15. The van der Waals surface area contributed by atoms with Crippen LogP contribution in [0.4, 0.5) is 10.3 Å². The summed E-state index contributed by atoms with van der Waals surface area (Å²) in [5.74, 6) is -0.286. The molecule has 0 aliphatic rings. The van der Waals surface area contributed by atoms with Gasteiger partial charge in [-0.3, -0.25) is 10.1 Å². The van der Waals surface area contributed by atoms with Crippen LogP contribution in [0.3, 0.4) is 0 Å².